The number of sulfone groups is 1. The molecule has 1 aromatic carbocycles. The molecule has 0 unspecified atom stereocenters. The van der Waals surface area contributed by atoms with E-state index in [0.717, 1.165) is 0 Å². The van der Waals surface area contributed by atoms with Crippen LogP contribution in [-0.4, -0.2) is 61.0 Å². The molecule has 1 amide bonds. The average Bonchev–Trinajstić information content (AvgIpc) is 2.91. The summed E-state index contributed by atoms with van der Waals surface area (Å²) in [4.78, 5) is 26.2. The van der Waals surface area contributed by atoms with E-state index >= 15 is 0 Å². The molecule has 1 aromatic rings. The summed E-state index contributed by atoms with van der Waals surface area (Å²) >= 11 is 3.20. The van der Waals surface area contributed by atoms with Gasteiger partial charge in [0.05, 0.1) is 11.5 Å². The Kier molecular flexibility index (Phi) is 6.68. The van der Waals surface area contributed by atoms with Gasteiger partial charge >= 0.3 is 5.97 Å². The molecule has 0 radical (unpaired) electrons. The topological polar surface area (TPSA) is 101 Å². The van der Waals surface area contributed by atoms with Crippen molar-refractivity contribution in [3.8, 4) is 5.75 Å². The molecule has 1 heterocycles. The quantitative estimate of drug-likeness (QED) is 0.668. The SMILES string of the molecule is CC(C)CN(C(=O)COC(=O)c1cc(Br)ccc1O)[C@H]1CCS(=O)(=O)C1. The van der Waals surface area contributed by atoms with Gasteiger partial charge in [-0.2, -0.15) is 0 Å². The lowest BCUT2D eigenvalue weighted by atomic mass is 10.1. The van der Waals surface area contributed by atoms with Crippen LogP contribution in [0.15, 0.2) is 22.7 Å². The Morgan fingerprint density at radius 1 is 1.38 bits per heavy atom. The summed E-state index contributed by atoms with van der Waals surface area (Å²) in [6, 6.07) is 3.92. The van der Waals surface area contributed by atoms with Gasteiger partial charge in [-0.15, -0.1) is 0 Å². The molecule has 0 spiro atoms. The lowest BCUT2D eigenvalue weighted by molar-refractivity contribution is -0.137. The maximum Gasteiger partial charge on any atom is 0.342 e. The molecule has 1 aliphatic heterocycles. The monoisotopic (exact) mass is 447 g/mol. The Hall–Kier alpha value is -1.61. The molecular formula is C17H22BrNO6S. The van der Waals surface area contributed by atoms with Crippen LogP contribution >= 0.6 is 15.9 Å². The molecule has 1 atom stereocenters. The molecule has 9 heteroatoms. The van der Waals surface area contributed by atoms with E-state index in [0.29, 0.717) is 17.4 Å². The number of carbonyl (C=O) groups is 2. The molecule has 0 bridgehead atoms. The van der Waals surface area contributed by atoms with Gasteiger partial charge in [0.1, 0.15) is 11.3 Å². The first kappa shape index (κ1) is 20.7. The van der Waals surface area contributed by atoms with Crippen LogP contribution in [0.3, 0.4) is 0 Å². The van der Waals surface area contributed by atoms with Crippen LogP contribution in [0, 0.1) is 5.92 Å². The lowest BCUT2D eigenvalue weighted by Crippen LogP contribution is -2.45. The fourth-order valence-electron chi connectivity index (χ4n) is 2.83. The Labute approximate surface area is 161 Å². The molecule has 2 rings (SSSR count). The Morgan fingerprint density at radius 3 is 2.65 bits per heavy atom. The van der Waals surface area contributed by atoms with Crippen LogP contribution in [0.4, 0.5) is 0 Å². The summed E-state index contributed by atoms with van der Waals surface area (Å²) in [7, 11) is -3.13. The van der Waals surface area contributed by atoms with Crippen LogP contribution in [-0.2, 0) is 19.4 Å². The number of ether oxygens (including phenoxy) is 1. The van der Waals surface area contributed by atoms with Crippen molar-refractivity contribution in [2.75, 3.05) is 24.7 Å². The van der Waals surface area contributed by atoms with Crippen LogP contribution in [0.5, 0.6) is 5.75 Å². The number of rotatable bonds is 6. The fourth-order valence-corrected chi connectivity index (χ4v) is 4.92. The largest absolute Gasteiger partial charge is 0.507 e. The first-order valence-corrected chi connectivity index (χ1v) is 10.9. The van der Waals surface area contributed by atoms with Crippen LogP contribution in [0.25, 0.3) is 0 Å². The number of benzene rings is 1. The third-order valence-electron chi connectivity index (χ3n) is 4.04. The number of phenols is 1. The summed E-state index contributed by atoms with van der Waals surface area (Å²) in [5.74, 6) is -1.36. The van der Waals surface area contributed by atoms with Crippen LogP contribution in [0.2, 0.25) is 0 Å². The summed E-state index contributed by atoms with van der Waals surface area (Å²) in [5.41, 5.74) is -0.0500. The summed E-state index contributed by atoms with van der Waals surface area (Å²) < 4.78 is 29.1. The lowest BCUT2D eigenvalue weighted by Gasteiger charge is -2.29. The van der Waals surface area contributed by atoms with E-state index in [4.69, 9.17) is 4.74 Å². The van der Waals surface area contributed by atoms with Crippen molar-refractivity contribution in [1.29, 1.82) is 0 Å². The molecule has 1 saturated heterocycles. The number of amides is 1. The van der Waals surface area contributed by atoms with Gasteiger partial charge < -0.3 is 14.7 Å². The highest BCUT2D eigenvalue weighted by atomic mass is 79.9. The standard InChI is InChI=1S/C17H22BrNO6S/c1-11(2)8-19(13-5-6-26(23,24)10-13)16(21)9-25-17(22)14-7-12(18)3-4-15(14)20/h3-4,7,11,13,20H,5-6,8-10H2,1-2H3/t13-/m0/s1. The molecule has 0 aliphatic carbocycles. The number of hydrogen-bond donors (Lipinski definition) is 1. The average molecular weight is 448 g/mol. The van der Waals surface area contributed by atoms with Crippen molar-refractivity contribution in [3.05, 3.63) is 28.2 Å². The van der Waals surface area contributed by atoms with Crippen molar-refractivity contribution in [3.63, 3.8) is 0 Å². The number of halogens is 1. The molecule has 1 aliphatic rings. The number of aromatic hydroxyl groups is 1. The molecule has 1 fully saturated rings. The molecule has 7 nitrogen and oxygen atoms in total. The van der Waals surface area contributed by atoms with Crippen molar-refractivity contribution in [2.24, 2.45) is 5.92 Å². The van der Waals surface area contributed by atoms with Crippen molar-refractivity contribution in [2.45, 2.75) is 26.3 Å². The number of hydrogen-bond acceptors (Lipinski definition) is 6. The zero-order valence-electron chi connectivity index (χ0n) is 14.6. The van der Waals surface area contributed by atoms with Crippen molar-refractivity contribution >= 4 is 37.6 Å². The molecule has 144 valence electrons. The predicted molar refractivity (Wildman–Crippen MR) is 99.7 cm³/mol. The molecular weight excluding hydrogens is 426 g/mol. The van der Waals surface area contributed by atoms with Gasteiger partial charge in [-0.25, -0.2) is 13.2 Å². The zero-order chi connectivity index (χ0) is 19.5. The minimum absolute atomic E-state index is 0.0500. The van der Waals surface area contributed by atoms with Gasteiger partial charge in [0, 0.05) is 17.1 Å². The van der Waals surface area contributed by atoms with E-state index in [9.17, 15) is 23.1 Å². The third kappa shape index (κ3) is 5.44. The number of nitrogens with zero attached hydrogens (tertiary/aromatic N) is 1. The Bertz CT molecular complexity index is 792. The molecule has 1 N–H and O–H groups in total. The fraction of sp³-hybridized carbons (Fsp3) is 0.529. The predicted octanol–water partition coefficient (Wildman–Crippen LogP) is 1.98. The summed E-state index contributed by atoms with van der Waals surface area (Å²) in [6.07, 6.45) is 0.390. The third-order valence-corrected chi connectivity index (χ3v) is 6.28. The Morgan fingerprint density at radius 2 is 2.08 bits per heavy atom. The highest BCUT2D eigenvalue weighted by molar-refractivity contribution is 9.10. The maximum absolute atomic E-state index is 12.5. The van der Waals surface area contributed by atoms with Gasteiger partial charge in [0.15, 0.2) is 16.4 Å². The van der Waals surface area contributed by atoms with E-state index < -0.39 is 34.4 Å². The van der Waals surface area contributed by atoms with Crippen molar-refractivity contribution < 1.29 is 27.9 Å². The Balaban J connectivity index is 2.05. The summed E-state index contributed by atoms with van der Waals surface area (Å²) in [5, 5.41) is 9.75. The molecule has 0 saturated carbocycles. The van der Waals surface area contributed by atoms with Gasteiger partial charge in [0.2, 0.25) is 0 Å². The highest BCUT2D eigenvalue weighted by Crippen LogP contribution is 2.23. The first-order valence-electron chi connectivity index (χ1n) is 8.24. The van der Waals surface area contributed by atoms with E-state index in [1.807, 2.05) is 13.8 Å². The second-order valence-corrected chi connectivity index (χ2v) is 9.88. The second kappa shape index (κ2) is 8.39. The first-order chi connectivity index (χ1) is 12.1. The van der Waals surface area contributed by atoms with Crippen LogP contribution < -0.4 is 0 Å². The summed E-state index contributed by atoms with van der Waals surface area (Å²) in [6.45, 7) is 3.73. The van der Waals surface area contributed by atoms with Gasteiger partial charge in [-0.05, 0) is 30.5 Å². The smallest absolute Gasteiger partial charge is 0.342 e. The molecule has 26 heavy (non-hydrogen) atoms. The van der Waals surface area contributed by atoms with E-state index in [-0.39, 0.29) is 28.7 Å². The van der Waals surface area contributed by atoms with Crippen LogP contribution in [0.1, 0.15) is 30.6 Å². The van der Waals surface area contributed by atoms with Gasteiger partial charge in [0.25, 0.3) is 5.91 Å². The van der Waals surface area contributed by atoms with E-state index in [1.54, 1.807) is 6.07 Å². The van der Waals surface area contributed by atoms with E-state index in [2.05, 4.69) is 15.9 Å². The second-order valence-electron chi connectivity index (χ2n) is 6.73. The highest BCUT2D eigenvalue weighted by Gasteiger charge is 2.35. The number of phenolic OH excluding ortho intramolecular Hbond substituents is 1. The maximum atomic E-state index is 12.5. The zero-order valence-corrected chi connectivity index (χ0v) is 17.0. The van der Waals surface area contributed by atoms with E-state index in [1.165, 1.54) is 17.0 Å². The van der Waals surface area contributed by atoms with Gasteiger partial charge in [-0.1, -0.05) is 29.8 Å². The minimum atomic E-state index is -3.13. The van der Waals surface area contributed by atoms with Crippen molar-refractivity contribution in [1.82, 2.24) is 4.90 Å². The molecule has 0 aromatic heterocycles. The minimum Gasteiger partial charge on any atom is -0.507 e. The number of esters is 1. The number of carbonyl (C=O) groups excluding carboxylic acids is 2. The van der Waals surface area contributed by atoms with Gasteiger partial charge in [-0.3, -0.25) is 4.79 Å². The normalized spacial score (nSPS) is 18.7.